The van der Waals surface area contributed by atoms with Gasteiger partial charge in [0.2, 0.25) is 0 Å². The second-order valence-corrected chi connectivity index (χ2v) is 2.94. The van der Waals surface area contributed by atoms with Crippen LogP contribution in [0.4, 0.5) is 0 Å². The second-order valence-electron chi connectivity index (χ2n) is 2.94. The normalized spacial score (nSPS) is 44.2. The van der Waals surface area contributed by atoms with Gasteiger partial charge in [-0.15, -0.1) is 0 Å². The van der Waals surface area contributed by atoms with E-state index in [1.165, 1.54) is 0 Å². The molecule has 2 aliphatic rings. The Morgan fingerprint density at radius 3 is 3.10 bits per heavy atom. The van der Waals surface area contributed by atoms with Gasteiger partial charge < -0.3 is 5.73 Å². The van der Waals surface area contributed by atoms with Gasteiger partial charge in [0.15, 0.2) is 5.60 Å². The van der Waals surface area contributed by atoms with Gasteiger partial charge >= 0.3 is 0 Å². The molecule has 0 spiro atoms. The maximum absolute atomic E-state index is 10.8. The molecule has 56 valence electrons. The monoisotopic (exact) mass is 142 g/mol. The highest BCUT2D eigenvalue weighted by atomic mass is 16.7. The van der Waals surface area contributed by atoms with Crippen LogP contribution in [0.2, 0.25) is 0 Å². The molecular weight excluding hydrogens is 132 g/mol. The Hall–Kier alpha value is -0.610. The molecule has 0 aromatic heterocycles. The first-order valence-electron chi connectivity index (χ1n) is 3.46. The molecule has 2 rings (SSSR count). The topological polar surface area (TPSA) is 64.4 Å². The van der Waals surface area contributed by atoms with Gasteiger partial charge in [-0.25, -0.2) is 5.48 Å². The van der Waals surface area contributed by atoms with E-state index in [9.17, 15) is 4.79 Å². The Morgan fingerprint density at radius 1 is 1.80 bits per heavy atom. The van der Waals surface area contributed by atoms with E-state index in [2.05, 4.69) is 5.48 Å². The van der Waals surface area contributed by atoms with Gasteiger partial charge in [0.05, 0.1) is 0 Å². The average Bonchev–Trinajstić information content (AvgIpc) is 2.61. The molecule has 0 aromatic rings. The number of carbonyl (C=O) groups excluding carboxylic acids is 1. The van der Waals surface area contributed by atoms with Crippen molar-refractivity contribution in [3.63, 3.8) is 0 Å². The largest absolute Gasteiger partial charge is 0.367 e. The number of primary amides is 1. The van der Waals surface area contributed by atoms with Gasteiger partial charge in [-0.05, 0) is 12.8 Å². The summed E-state index contributed by atoms with van der Waals surface area (Å²) in [6, 6.07) is 0. The summed E-state index contributed by atoms with van der Waals surface area (Å²) in [7, 11) is 0. The number of hydrogen-bond donors (Lipinski definition) is 2. The Kier molecular flexibility index (Phi) is 1.04. The number of amides is 1. The molecule has 10 heavy (non-hydrogen) atoms. The maximum Gasteiger partial charge on any atom is 0.252 e. The van der Waals surface area contributed by atoms with E-state index in [0.717, 1.165) is 19.4 Å². The smallest absolute Gasteiger partial charge is 0.252 e. The molecule has 1 aliphatic carbocycles. The van der Waals surface area contributed by atoms with E-state index < -0.39 is 5.60 Å². The standard InChI is InChI=1S/C6H10N2O2/c7-5(9)6-3-4(6)1-2-8-10-6/h4,8H,1-3H2,(H2,7,9). The van der Waals surface area contributed by atoms with Crippen LogP contribution in [0.5, 0.6) is 0 Å². The molecule has 2 unspecified atom stereocenters. The predicted octanol–water partition coefficient (Wildman–Crippen LogP) is -0.845. The maximum atomic E-state index is 10.8. The summed E-state index contributed by atoms with van der Waals surface area (Å²) in [5, 5.41) is 0. The highest BCUT2D eigenvalue weighted by molar-refractivity contribution is 5.87. The van der Waals surface area contributed by atoms with Crippen molar-refractivity contribution in [1.82, 2.24) is 5.48 Å². The zero-order valence-corrected chi connectivity index (χ0v) is 5.59. The lowest BCUT2D eigenvalue weighted by Crippen LogP contribution is -2.43. The van der Waals surface area contributed by atoms with Gasteiger partial charge in [-0.1, -0.05) is 0 Å². The van der Waals surface area contributed by atoms with Crippen LogP contribution in [-0.2, 0) is 9.63 Å². The Bertz CT molecular complexity index is 183. The minimum Gasteiger partial charge on any atom is -0.367 e. The fourth-order valence-electron chi connectivity index (χ4n) is 1.53. The third-order valence-electron chi connectivity index (χ3n) is 2.32. The molecule has 3 N–H and O–H groups in total. The van der Waals surface area contributed by atoms with E-state index in [1.54, 1.807) is 0 Å². The van der Waals surface area contributed by atoms with Crippen LogP contribution < -0.4 is 11.2 Å². The van der Waals surface area contributed by atoms with Gasteiger partial charge in [-0.2, -0.15) is 0 Å². The average molecular weight is 142 g/mol. The number of hydroxylamine groups is 1. The molecule has 0 radical (unpaired) electrons. The predicted molar refractivity (Wildman–Crippen MR) is 33.7 cm³/mol. The summed E-state index contributed by atoms with van der Waals surface area (Å²) in [6.07, 6.45) is 1.80. The summed E-state index contributed by atoms with van der Waals surface area (Å²) in [6.45, 7) is 0.833. The number of hydrogen-bond acceptors (Lipinski definition) is 3. The molecule has 2 atom stereocenters. The van der Waals surface area contributed by atoms with Gasteiger partial charge in [0.1, 0.15) is 0 Å². The van der Waals surface area contributed by atoms with Crippen LogP contribution >= 0.6 is 0 Å². The molecular formula is C6H10N2O2. The number of carbonyl (C=O) groups is 1. The summed E-state index contributed by atoms with van der Waals surface area (Å²) in [5.74, 6) is 0.0518. The first-order chi connectivity index (χ1) is 4.76. The van der Waals surface area contributed by atoms with E-state index >= 15 is 0 Å². The lowest BCUT2D eigenvalue weighted by Gasteiger charge is -2.19. The van der Waals surface area contributed by atoms with Crippen molar-refractivity contribution in [2.75, 3.05) is 6.54 Å². The highest BCUT2D eigenvalue weighted by Crippen LogP contribution is 2.49. The van der Waals surface area contributed by atoms with Crippen LogP contribution in [0, 0.1) is 5.92 Å². The lowest BCUT2D eigenvalue weighted by molar-refractivity contribution is -0.144. The van der Waals surface area contributed by atoms with Gasteiger partial charge in [-0.3, -0.25) is 9.63 Å². The quantitative estimate of drug-likeness (QED) is 0.501. The fraction of sp³-hybridized carbons (Fsp3) is 0.833. The molecule has 0 bridgehead atoms. The Morgan fingerprint density at radius 2 is 2.60 bits per heavy atom. The van der Waals surface area contributed by atoms with E-state index in [1.807, 2.05) is 0 Å². The molecule has 4 nitrogen and oxygen atoms in total. The summed E-state index contributed by atoms with van der Waals surface area (Å²) in [5.41, 5.74) is 7.21. The number of fused-ring (bicyclic) bond motifs is 1. The molecule has 2 fully saturated rings. The highest BCUT2D eigenvalue weighted by Gasteiger charge is 2.62. The first kappa shape index (κ1) is 6.12. The van der Waals surface area contributed by atoms with E-state index in [4.69, 9.17) is 10.6 Å². The van der Waals surface area contributed by atoms with E-state index in [-0.39, 0.29) is 5.91 Å². The zero-order valence-electron chi connectivity index (χ0n) is 5.59. The molecule has 1 saturated carbocycles. The molecule has 1 heterocycles. The zero-order chi connectivity index (χ0) is 7.19. The van der Waals surface area contributed by atoms with Crippen molar-refractivity contribution in [3.05, 3.63) is 0 Å². The Balaban J connectivity index is 2.12. The van der Waals surface area contributed by atoms with Gasteiger partial charge in [0, 0.05) is 12.5 Å². The van der Waals surface area contributed by atoms with Crippen molar-refractivity contribution in [1.29, 1.82) is 0 Å². The third kappa shape index (κ3) is 0.602. The van der Waals surface area contributed by atoms with Crippen LogP contribution in [-0.4, -0.2) is 18.1 Å². The molecule has 4 heteroatoms. The minimum atomic E-state index is -0.627. The number of rotatable bonds is 1. The third-order valence-corrected chi connectivity index (χ3v) is 2.32. The fourth-order valence-corrected chi connectivity index (χ4v) is 1.53. The SMILES string of the molecule is NC(=O)C12CC1CCNO2. The van der Waals surface area contributed by atoms with Crippen LogP contribution in [0.1, 0.15) is 12.8 Å². The second kappa shape index (κ2) is 1.71. The first-order valence-corrected chi connectivity index (χ1v) is 3.46. The van der Waals surface area contributed by atoms with Crippen molar-refractivity contribution in [3.8, 4) is 0 Å². The molecule has 1 amide bonds. The van der Waals surface area contributed by atoms with E-state index in [0.29, 0.717) is 5.92 Å². The van der Waals surface area contributed by atoms with Crippen molar-refractivity contribution in [2.24, 2.45) is 11.7 Å². The molecule has 1 saturated heterocycles. The van der Waals surface area contributed by atoms with Crippen molar-refractivity contribution < 1.29 is 9.63 Å². The Labute approximate surface area is 58.7 Å². The minimum absolute atomic E-state index is 0.329. The van der Waals surface area contributed by atoms with Crippen molar-refractivity contribution >= 4 is 5.91 Å². The van der Waals surface area contributed by atoms with Crippen LogP contribution in [0.15, 0.2) is 0 Å². The van der Waals surface area contributed by atoms with Crippen LogP contribution in [0.25, 0.3) is 0 Å². The van der Waals surface area contributed by atoms with Gasteiger partial charge in [0.25, 0.3) is 5.91 Å². The summed E-state index contributed by atoms with van der Waals surface area (Å²) >= 11 is 0. The van der Waals surface area contributed by atoms with Crippen molar-refractivity contribution in [2.45, 2.75) is 18.4 Å². The molecule has 1 aliphatic heterocycles. The lowest BCUT2D eigenvalue weighted by atomic mass is 10.2. The van der Waals surface area contributed by atoms with Crippen LogP contribution in [0.3, 0.4) is 0 Å². The summed E-state index contributed by atoms with van der Waals surface area (Å²) in [4.78, 5) is 15.9. The number of nitrogens with one attached hydrogen (secondary N) is 1. The molecule has 0 aromatic carbocycles. The summed E-state index contributed by atoms with van der Waals surface area (Å²) < 4.78 is 0. The number of nitrogens with two attached hydrogens (primary N) is 1.